The van der Waals surface area contributed by atoms with E-state index in [0.717, 1.165) is 17.9 Å². The molecule has 4 rings (SSSR count). The van der Waals surface area contributed by atoms with E-state index in [-0.39, 0.29) is 36.0 Å². The summed E-state index contributed by atoms with van der Waals surface area (Å²) in [5.74, 6) is 5.88. The summed E-state index contributed by atoms with van der Waals surface area (Å²) in [6.45, 7) is 2.46. The number of hydrogen-bond donors (Lipinski definition) is 3. The van der Waals surface area contributed by atoms with Crippen LogP contribution in [0.25, 0.3) is 10.1 Å². The number of halogens is 4. The second-order valence-electron chi connectivity index (χ2n) is 10.5. The molecule has 1 fully saturated rings. The van der Waals surface area contributed by atoms with Crippen LogP contribution >= 0.6 is 11.3 Å². The van der Waals surface area contributed by atoms with Gasteiger partial charge in [-0.25, -0.2) is 17.6 Å². The number of nitrogens with one attached hydrogen (secondary N) is 3. The maximum absolute atomic E-state index is 15.0. The summed E-state index contributed by atoms with van der Waals surface area (Å²) in [4.78, 5) is 14.2. The number of piperidine rings is 1. The summed E-state index contributed by atoms with van der Waals surface area (Å²) in [7, 11) is 4.96. The van der Waals surface area contributed by atoms with Crippen molar-refractivity contribution in [3.8, 4) is 17.6 Å². The third-order valence-electron chi connectivity index (χ3n) is 7.29. The number of ether oxygens (including phenoxy) is 3. The Bertz CT molecular complexity index is 1500. The molecule has 0 bridgehead atoms. The summed E-state index contributed by atoms with van der Waals surface area (Å²) in [5, 5.41) is 9.24. The number of hydrogen-bond acceptors (Lipinski definition) is 8. The van der Waals surface area contributed by atoms with Gasteiger partial charge in [-0.2, -0.15) is 0 Å². The normalized spacial score (nSPS) is 17.5. The highest BCUT2D eigenvalue weighted by molar-refractivity contribution is 7.20. The smallest absolute Gasteiger partial charge is 0.273 e. The highest BCUT2D eigenvalue weighted by Crippen LogP contribution is 2.42. The standard InChI is InChI=1S/C32H38F4N4O4S/c1-37-32(41)20-9-10-24(26(18-20)44-17-16-43-15-14-42-3)38-12-5-8-27-28(29(34)31(35)36)21-6-4-7-25(30(21)45-27)39-23-11-13-40(2)19-22(23)33/h4,6-7,9-10,18,22-23,29,31,38-39H,11-17,19H2,1-3H3,(H,37,41). The van der Waals surface area contributed by atoms with Gasteiger partial charge in [0.2, 0.25) is 0 Å². The third kappa shape index (κ3) is 9.00. The van der Waals surface area contributed by atoms with Gasteiger partial charge < -0.3 is 35.1 Å². The van der Waals surface area contributed by atoms with Crippen LogP contribution in [0.2, 0.25) is 0 Å². The van der Waals surface area contributed by atoms with Gasteiger partial charge in [0, 0.05) is 43.8 Å². The molecule has 1 saturated heterocycles. The quantitative estimate of drug-likeness (QED) is 0.121. The number of alkyl halides is 4. The molecule has 244 valence electrons. The van der Waals surface area contributed by atoms with E-state index >= 15 is 0 Å². The van der Waals surface area contributed by atoms with Crippen molar-refractivity contribution >= 4 is 38.7 Å². The zero-order chi connectivity index (χ0) is 32.3. The van der Waals surface area contributed by atoms with Gasteiger partial charge >= 0.3 is 0 Å². The van der Waals surface area contributed by atoms with Crippen LogP contribution in [0.4, 0.5) is 28.9 Å². The van der Waals surface area contributed by atoms with Crippen molar-refractivity contribution in [2.75, 3.05) is 77.9 Å². The second kappa shape index (κ2) is 16.7. The van der Waals surface area contributed by atoms with Crippen molar-refractivity contribution < 1.29 is 36.6 Å². The van der Waals surface area contributed by atoms with Crippen LogP contribution in [0.5, 0.6) is 5.75 Å². The Morgan fingerprint density at radius 2 is 1.93 bits per heavy atom. The van der Waals surface area contributed by atoms with Crippen LogP contribution < -0.4 is 20.7 Å². The summed E-state index contributed by atoms with van der Waals surface area (Å²) in [6.07, 6.45) is -6.31. The lowest BCUT2D eigenvalue weighted by Gasteiger charge is -2.33. The SMILES string of the molecule is CNC(=O)c1ccc(NCC#Cc2sc3c(NC4CCN(C)CC4F)cccc3c2C(F)C(F)F)c(OCCOCCOC)c1. The minimum absolute atomic E-state index is 0.0730. The Balaban J connectivity index is 1.55. The van der Waals surface area contributed by atoms with Crippen molar-refractivity contribution in [1.82, 2.24) is 10.2 Å². The molecule has 1 aliphatic rings. The van der Waals surface area contributed by atoms with Crippen molar-refractivity contribution in [1.29, 1.82) is 0 Å². The first-order valence-electron chi connectivity index (χ1n) is 14.6. The van der Waals surface area contributed by atoms with Gasteiger partial charge in [-0.3, -0.25) is 4.79 Å². The second-order valence-corrected chi connectivity index (χ2v) is 11.5. The Morgan fingerprint density at radius 1 is 1.13 bits per heavy atom. The van der Waals surface area contributed by atoms with Gasteiger partial charge in [0.25, 0.3) is 12.3 Å². The third-order valence-corrected chi connectivity index (χ3v) is 8.46. The molecule has 13 heteroatoms. The average Bonchev–Trinajstić information content (AvgIpc) is 3.40. The van der Waals surface area contributed by atoms with Crippen molar-refractivity contribution in [2.24, 2.45) is 0 Å². The van der Waals surface area contributed by atoms with E-state index in [0.29, 0.717) is 59.0 Å². The molecule has 2 aromatic carbocycles. The Morgan fingerprint density at radius 3 is 2.67 bits per heavy atom. The topological polar surface area (TPSA) is 84.1 Å². The molecule has 1 aliphatic heterocycles. The van der Waals surface area contributed by atoms with E-state index < -0.39 is 24.8 Å². The number of carbonyl (C=O) groups is 1. The van der Waals surface area contributed by atoms with Gasteiger partial charge in [0.1, 0.15) is 18.5 Å². The maximum atomic E-state index is 15.0. The van der Waals surface area contributed by atoms with E-state index in [1.54, 1.807) is 43.5 Å². The molecule has 1 amide bonds. The number of rotatable bonds is 14. The number of anilines is 2. The predicted octanol–water partition coefficient (Wildman–Crippen LogP) is 5.50. The summed E-state index contributed by atoms with van der Waals surface area (Å²) in [5.41, 5.74) is 1.33. The highest BCUT2D eigenvalue weighted by Gasteiger charge is 2.31. The number of methoxy groups -OCH3 is 1. The Labute approximate surface area is 264 Å². The fraction of sp³-hybridized carbons (Fsp3) is 0.469. The number of likely N-dealkylation sites (tertiary alicyclic amines) is 1. The largest absolute Gasteiger partial charge is 0.489 e. The van der Waals surface area contributed by atoms with E-state index in [9.17, 15) is 22.4 Å². The first kappa shape index (κ1) is 34.3. The maximum Gasteiger partial charge on any atom is 0.273 e. The fourth-order valence-corrected chi connectivity index (χ4v) is 6.14. The Kier molecular flexibility index (Phi) is 12.7. The van der Waals surface area contributed by atoms with E-state index in [1.165, 1.54) is 7.05 Å². The number of fused-ring (bicyclic) bond motifs is 1. The van der Waals surface area contributed by atoms with E-state index in [2.05, 4.69) is 27.8 Å². The van der Waals surface area contributed by atoms with Crippen LogP contribution in [-0.4, -0.2) is 96.7 Å². The Hall–Kier alpha value is -3.57. The van der Waals surface area contributed by atoms with Crippen LogP contribution in [0, 0.1) is 11.8 Å². The molecule has 3 aromatic rings. The zero-order valence-electron chi connectivity index (χ0n) is 25.4. The molecular formula is C32H38F4N4O4S. The molecule has 1 aromatic heterocycles. The minimum atomic E-state index is -3.24. The highest BCUT2D eigenvalue weighted by atomic mass is 32.1. The number of carbonyl (C=O) groups excluding carboxylic acids is 1. The summed E-state index contributed by atoms with van der Waals surface area (Å²) < 4.78 is 73.8. The van der Waals surface area contributed by atoms with Gasteiger partial charge in [0.05, 0.1) is 53.4 Å². The first-order chi connectivity index (χ1) is 21.7. The number of benzene rings is 2. The zero-order valence-corrected chi connectivity index (χ0v) is 26.2. The summed E-state index contributed by atoms with van der Waals surface area (Å²) >= 11 is 1.10. The molecule has 3 N–H and O–H groups in total. The molecule has 0 saturated carbocycles. The predicted molar refractivity (Wildman–Crippen MR) is 169 cm³/mol. The van der Waals surface area contributed by atoms with Gasteiger partial charge in [-0.1, -0.05) is 24.0 Å². The molecular weight excluding hydrogens is 612 g/mol. The van der Waals surface area contributed by atoms with Crippen LogP contribution in [0.15, 0.2) is 36.4 Å². The molecule has 8 nitrogen and oxygen atoms in total. The van der Waals surface area contributed by atoms with Gasteiger partial charge in [-0.05, 0) is 37.7 Å². The van der Waals surface area contributed by atoms with Gasteiger partial charge in [-0.15, -0.1) is 11.3 Å². The molecule has 0 spiro atoms. The molecule has 3 atom stereocenters. The molecule has 3 unspecified atom stereocenters. The number of nitrogens with zero attached hydrogens (tertiary/aromatic N) is 1. The van der Waals surface area contributed by atoms with Crippen LogP contribution in [0.1, 0.15) is 33.4 Å². The lowest BCUT2D eigenvalue weighted by atomic mass is 10.0. The minimum Gasteiger partial charge on any atom is -0.489 e. The van der Waals surface area contributed by atoms with Crippen LogP contribution in [0.3, 0.4) is 0 Å². The van der Waals surface area contributed by atoms with Gasteiger partial charge in [0.15, 0.2) is 6.17 Å². The fourth-order valence-electron chi connectivity index (χ4n) is 4.96. The first-order valence-corrected chi connectivity index (χ1v) is 15.4. The number of amides is 1. The van der Waals surface area contributed by atoms with Crippen molar-refractivity contribution in [3.05, 3.63) is 52.4 Å². The van der Waals surface area contributed by atoms with Crippen LogP contribution in [-0.2, 0) is 9.47 Å². The molecule has 0 radical (unpaired) electrons. The average molecular weight is 651 g/mol. The van der Waals surface area contributed by atoms with Crippen molar-refractivity contribution in [2.45, 2.75) is 31.2 Å². The number of thiophene rings is 1. The summed E-state index contributed by atoms with van der Waals surface area (Å²) in [6, 6.07) is 9.41. The lowest BCUT2D eigenvalue weighted by Crippen LogP contribution is -2.46. The molecule has 0 aliphatic carbocycles. The van der Waals surface area contributed by atoms with E-state index in [4.69, 9.17) is 14.2 Å². The van der Waals surface area contributed by atoms with Crippen molar-refractivity contribution in [3.63, 3.8) is 0 Å². The lowest BCUT2D eigenvalue weighted by molar-refractivity contribution is 0.0504. The monoisotopic (exact) mass is 650 g/mol. The van der Waals surface area contributed by atoms with E-state index in [1.807, 2.05) is 11.9 Å². The molecule has 45 heavy (non-hydrogen) atoms. The molecule has 2 heterocycles.